The second-order valence-corrected chi connectivity index (χ2v) is 25.0. The molecule has 70 heavy (non-hydrogen) atoms. The lowest BCUT2D eigenvalue weighted by atomic mass is 9.52. The van der Waals surface area contributed by atoms with Crippen molar-refractivity contribution < 1.29 is 4.74 Å². The van der Waals surface area contributed by atoms with Crippen LogP contribution >= 0.6 is 0 Å². The van der Waals surface area contributed by atoms with Crippen LogP contribution < -0.4 is 0 Å². The fourth-order valence-corrected chi connectivity index (χ4v) is 18.2. The average molecular weight is 937 g/mol. The van der Waals surface area contributed by atoms with E-state index >= 15 is 0 Å². The Morgan fingerprint density at radius 1 is 0.700 bits per heavy atom. The lowest BCUT2D eigenvalue weighted by molar-refractivity contribution is 0.0277. The molecule has 0 aromatic heterocycles. The van der Waals surface area contributed by atoms with Gasteiger partial charge in [0.2, 0.25) is 0 Å². The van der Waals surface area contributed by atoms with Crippen LogP contribution in [0.2, 0.25) is 0 Å². The third-order valence-corrected chi connectivity index (χ3v) is 21.5. The van der Waals surface area contributed by atoms with Crippen molar-refractivity contribution in [3.8, 4) is 0 Å². The van der Waals surface area contributed by atoms with Crippen LogP contribution in [0.5, 0.6) is 0 Å². The van der Waals surface area contributed by atoms with Crippen molar-refractivity contribution in [2.24, 2.45) is 58.2 Å². The lowest BCUT2D eigenvalue weighted by Crippen LogP contribution is -2.53. The van der Waals surface area contributed by atoms with Crippen LogP contribution in [0.15, 0.2) is 157 Å². The number of likely N-dealkylation sites (tertiary alicyclic amines) is 1. The number of rotatable bonds is 11. The first kappa shape index (κ1) is 47.4. The molecule has 12 rings (SSSR count). The molecule has 0 bridgehead atoms. The van der Waals surface area contributed by atoms with Crippen molar-refractivity contribution in [1.29, 1.82) is 0 Å². The summed E-state index contributed by atoms with van der Waals surface area (Å²) in [5.41, 5.74) is 8.27. The van der Waals surface area contributed by atoms with E-state index in [0.29, 0.717) is 65.7 Å². The number of hydrogen-bond donors (Lipinski definition) is 0. The first-order valence-electron chi connectivity index (χ1n) is 29.4. The second-order valence-electron chi connectivity index (χ2n) is 25.0. The van der Waals surface area contributed by atoms with Gasteiger partial charge < -0.3 is 9.64 Å². The Hall–Kier alpha value is -3.66. The molecule has 4 fully saturated rings. The molecule has 3 heteroatoms. The molecule has 0 amide bonds. The molecule has 0 N–H and O–H groups in total. The van der Waals surface area contributed by atoms with Crippen molar-refractivity contribution in [2.75, 3.05) is 0 Å². The molecule has 1 saturated heterocycles. The van der Waals surface area contributed by atoms with Gasteiger partial charge >= 0.3 is 0 Å². The van der Waals surface area contributed by atoms with Gasteiger partial charge in [-0.15, -0.1) is 6.58 Å². The van der Waals surface area contributed by atoms with Crippen LogP contribution in [0.25, 0.3) is 0 Å². The van der Waals surface area contributed by atoms with Gasteiger partial charge in [-0.05, 0) is 198 Å². The summed E-state index contributed by atoms with van der Waals surface area (Å²) >= 11 is 0. The molecule has 372 valence electrons. The van der Waals surface area contributed by atoms with Crippen molar-refractivity contribution in [3.63, 3.8) is 0 Å². The van der Waals surface area contributed by atoms with Crippen LogP contribution in [-0.4, -0.2) is 52.2 Å². The minimum atomic E-state index is 0.130. The van der Waals surface area contributed by atoms with E-state index in [1.807, 2.05) is 6.08 Å². The molecule has 12 aliphatic rings. The van der Waals surface area contributed by atoms with E-state index in [9.17, 15) is 0 Å². The summed E-state index contributed by atoms with van der Waals surface area (Å²) in [5.74, 6) is 5.31. The summed E-state index contributed by atoms with van der Waals surface area (Å²) < 4.78 is 6.81. The van der Waals surface area contributed by atoms with E-state index < -0.39 is 0 Å². The van der Waals surface area contributed by atoms with Gasteiger partial charge in [-0.2, -0.15) is 0 Å². The van der Waals surface area contributed by atoms with Gasteiger partial charge in [0.1, 0.15) is 0 Å². The van der Waals surface area contributed by atoms with E-state index in [-0.39, 0.29) is 23.0 Å². The van der Waals surface area contributed by atoms with Gasteiger partial charge in [0.15, 0.2) is 0 Å². The summed E-state index contributed by atoms with van der Waals surface area (Å²) in [5, 5.41) is 0. The van der Waals surface area contributed by atoms with Gasteiger partial charge in [0, 0.05) is 47.2 Å². The zero-order valence-corrected chi connectivity index (χ0v) is 43.4. The molecule has 0 radical (unpaired) electrons. The minimum Gasteiger partial charge on any atom is -0.366 e. The Kier molecular flexibility index (Phi) is 13.5. The van der Waals surface area contributed by atoms with Gasteiger partial charge in [-0.3, -0.25) is 4.90 Å². The number of nitrogens with zero attached hydrogens (tertiary/aromatic N) is 2. The Morgan fingerprint density at radius 2 is 1.50 bits per heavy atom. The maximum atomic E-state index is 6.81. The maximum absolute atomic E-state index is 6.81. The van der Waals surface area contributed by atoms with Crippen molar-refractivity contribution >= 4 is 0 Å². The van der Waals surface area contributed by atoms with E-state index in [4.69, 9.17) is 4.74 Å². The highest BCUT2D eigenvalue weighted by molar-refractivity contribution is 5.47. The van der Waals surface area contributed by atoms with Crippen LogP contribution in [0.1, 0.15) is 155 Å². The third-order valence-electron chi connectivity index (χ3n) is 21.5. The summed E-state index contributed by atoms with van der Waals surface area (Å²) in [6.07, 6.45) is 76.6. The van der Waals surface area contributed by atoms with Crippen LogP contribution in [0.4, 0.5) is 0 Å². The molecular weight excluding hydrogens is 849 g/mol. The van der Waals surface area contributed by atoms with E-state index in [0.717, 1.165) is 24.7 Å². The van der Waals surface area contributed by atoms with Crippen LogP contribution in [-0.2, 0) is 4.74 Å². The SMILES string of the molecule is C=CC1=CCC(OC2C=CC(C3(C4C=CCCC4)C4CCC(C)CC4C4(C)C=CC(N(C5C=CCCC5)C5C=CC(C6=CC7C8=CCCC=C8N(C8CCC(C=C)CC8)C7CC6)CC5)CC43)=CC2)C=C1. The maximum Gasteiger partial charge on any atom is 0.0802 e. The van der Waals surface area contributed by atoms with E-state index in [1.165, 1.54) is 134 Å². The summed E-state index contributed by atoms with van der Waals surface area (Å²) in [4.78, 5) is 6.06. The zero-order valence-electron chi connectivity index (χ0n) is 43.4. The molecule has 11 aliphatic carbocycles. The summed E-state index contributed by atoms with van der Waals surface area (Å²) in [6, 6.07) is 2.79. The monoisotopic (exact) mass is 937 g/mol. The van der Waals surface area contributed by atoms with Crippen molar-refractivity contribution in [2.45, 2.75) is 198 Å². The van der Waals surface area contributed by atoms with E-state index in [2.05, 4.69) is 146 Å². The molecule has 0 aromatic carbocycles. The van der Waals surface area contributed by atoms with Gasteiger partial charge in [0.05, 0.1) is 12.2 Å². The number of fused-ring (bicyclic) bond motifs is 6. The molecular formula is C67H88N2O. The minimum absolute atomic E-state index is 0.130. The molecule has 3 nitrogen and oxygen atoms in total. The molecule has 0 spiro atoms. The van der Waals surface area contributed by atoms with E-state index in [1.54, 1.807) is 22.4 Å². The second kappa shape index (κ2) is 20.0. The fraction of sp³-hybridized carbons (Fsp3) is 0.612. The zero-order chi connectivity index (χ0) is 47.4. The molecule has 3 saturated carbocycles. The van der Waals surface area contributed by atoms with Crippen molar-refractivity contribution in [1.82, 2.24) is 9.80 Å². The Bertz CT molecular complexity index is 2330. The van der Waals surface area contributed by atoms with Crippen LogP contribution in [0, 0.1) is 58.2 Å². The predicted molar refractivity (Wildman–Crippen MR) is 293 cm³/mol. The molecule has 15 atom stereocenters. The normalized spacial score (nSPS) is 44.1. The first-order valence-corrected chi connectivity index (χ1v) is 29.4. The number of allylic oxidation sites excluding steroid dienone is 15. The average Bonchev–Trinajstić information content (AvgIpc) is 3.86. The van der Waals surface area contributed by atoms with Gasteiger partial charge in [0.25, 0.3) is 0 Å². The predicted octanol–water partition coefficient (Wildman–Crippen LogP) is 16.2. The Labute approximate surface area is 424 Å². The largest absolute Gasteiger partial charge is 0.366 e. The highest BCUT2D eigenvalue weighted by Crippen LogP contribution is 2.74. The number of ether oxygens (including phenoxy) is 1. The first-order chi connectivity index (χ1) is 34.3. The van der Waals surface area contributed by atoms with Crippen LogP contribution in [0.3, 0.4) is 0 Å². The number of hydrogen-bond acceptors (Lipinski definition) is 3. The lowest BCUT2D eigenvalue weighted by Gasteiger charge is -2.54. The standard InChI is InChI=1S/C67H88N2O/c1-5-47-22-31-55(32-23-47)69-63-20-14-13-19-59(63)60-44-50(28-40-64(60)69)49-26-33-54(34-27-49)68(53-17-11-8-12-18-53)56-41-42-66(4)62-43-46(3)21-39-61(62)67(65(66)45-56,51-15-9-7-10-16-51)52-29-37-58(38-30-52)70-57-35-24-48(6-2)25-36-57/h5-6,9,11,15,17,19-20,24-26,29-30,33,35,37,41-42,44,46-47,49,51,53-58,60-62,64-65H,1-2,7-8,10,12-14,16,18,21-23,27-28,31-32,34,36,38-40,43,45H2,3-4H3. The smallest absolute Gasteiger partial charge is 0.0802 e. The topological polar surface area (TPSA) is 15.7 Å². The quantitative estimate of drug-likeness (QED) is 0.192. The Balaban J connectivity index is 0.834. The molecule has 0 aromatic rings. The molecule has 15 unspecified atom stereocenters. The molecule has 1 aliphatic heterocycles. The Morgan fingerprint density at radius 3 is 2.21 bits per heavy atom. The highest BCUT2D eigenvalue weighted by atomic mass is 16.5. The highest BCUT2D eigenvalue weighted by Gasteiger charge is 2.68. The van der Waals surface area contributed by atoms with Gasteiger partial charge in [-0.1, -0.05) is 148 Å². The third kappa shape index (κ3) is 8.40. The fourth-order valence-electron chi connectivity index (χ4n) is 18.2. The molecule has 1 heterocycles. The van der Waals surface area contributed by atoms with Crippen molar-refractivity contribution in [3.05, 3.63) is 157 Å². The van der Waals surface area contributed by atoms with Gasteiger partial charge in [-0.25, -0.2) is 0 Å². The summed E-state index contributed by atoms with van der Waals surface area (Å²) in [7, 11) is 0. The summed E-state index contributed by atoms with van der Waals surface area (Å²) in [6.45, 7) is 13.5.